The Bertz CT molecular complexity index is 453. The van der Waals surface area contributed by atoms with Crippen molar-refractivity contribution in [2.75, 3.05) is 17.6 Å². The lowest BCUT2D eigenvalue weighted by Crippen LogP contribution is -2.34. The predicted octanol–water partition coefficient (Wildman–Crippen LogP) is 2.68. The Hall–Kier alpha value is -1.55. The van der Waals surface area contributed by atoms with E-state index in [9.17, 15) is 9.90 Å². The summed E-state index contributed by atoms with van der Waals surface area (Å²) < 4.78 is 0. The zero-order valence-corrected chi connectivity index (χ0v) is 12.2. The summed E-state index contributed by atoms with van der Waals surface area (Å²) in [6.45, 7) is 7.89. The molecule has 0 radical (unpaired) electrons. The molecular weight excluding hydrogens is 240 g/mol. The zero-order valence-electron chi connectivity index (χ0n) is 12.2. The number of hydrogen-bond donors (Lipinski definition) is 3. The molecule has 1 aromatic carbocycles. The normalized spacial score (nSPS) is 14.2. The molecule has 1 atom stereocenters. The molecule has 106 valence electrons. The van der Waals surface area contributed by atoms with E-state index < -0.39 is 5.60 Å². The maximum absolute atomic E-state index is 11.4. The minimum atomic E-state index is -0.772. The second-order valence-corrected chi connectivity index (χ2v) is 5.81. The Kier molecular flexibility index (Phi) is 4.95. The lowest BCUT2D eigenvalue weighted by atomic mass is 9.94. The van der Waals surface area contributed by atoms with E-state index in [4.69, 9.17) is 5.73 Å². The Balaban J connectivity index is 2.73. The summed E-state index contributed by atoms with van der Waals surface area (Å²) in [6.07, 6.45) is 0.717. The highest BCUT2D eigenvalue weighted by atomic mass is 16.3. The van der Waals surface area contributed by atoms with Gasteiger partial charge in [-0.25, -0.2) is 0 Å². The largest absolute Gasteiger partial charge is 0.398 e. The number of nitrogen functional groups attached to an aromatic ring is 1. The van der Waals surface area contributed by atoms with Gasteiger partial charge in [0.2, 0.25) is 0 Å². The molecule has 4 nitrogen and oxygen atoms in total. The first-order valence-corrected chi connectivity index (χ1v) is 6.58. The number of ketones is 1. The number of anilines is 2. The number of benzene rings is 1. The summed E-state index contributed by atoms with van der Waals surface area (Å²) in [5.74, 6) is 0.367. The fourth-order valence-corrected chi connectivity index (χ4v) is 2.22. The summed E-state index contributed by atoms with van der Waals surface area (Å²) >= 11 is 0. The molecule has 1 unspecified atom stereocenters. The molecule has 4 N–H and O–H groups in total. The number of carbonyl (C=O) groups excluding carboxylic acids is 1. The average Bonchev–Trinajstić information content (AvgIpc) is 2.26. The van der Waals surface area contributed by atoms with Crippen LogP contribution in [0.1, 0.15) is 44.5 Å². The van der Waals surface area contributed by atoms with E-state index in [-0.39, 0.29) is 5.78 Å². The number of hydrogen-bond acceptors (Lipinski definition) is 4. The van der Waals surface area contributed by atoms with Gasteiger partial charge in [0.25, 0.3) is 0 Å². The maximum Gasteiger partial charge on any atom is 0.161 e. The van der Waals surface area contributed by atoms with Crippen LogP contribution in [0.2, 0.25) is 0 Å². The topological polar surface area (TPSA) is 75.3 Å². The van der Waals surface area contributed by atoms with E-state index in [1.807, 2.05) is 13.0 Å². The molecule has 0 saturated carbocycles. The summed E-state index contributed by atoms with van der Waals surface area (Å²) in [7, 11) is 0. The second kappa shape index (κ2) is 6.06. The molecule has 0 saturated heterocycles. The highest BCUT2D eigenvalue weighted by Crippen LogP contribution is 2.21. The van der Waals surface area contributed by atoms with Crippen molar-refractivity contribution in [3.8, 4) is 0 Å². The van der Waals surface area contributed by atoms with E-state index in [1.165, 1.54) is 6.92 Å². The molecular formula is C15H24N2O2. The van der Waals surface area contributed by atoms with Gasteiger partial charge in [0.15, 0.2) is 5.78 Å². The monoisotopic (exact) mass is 264 g/mol. The SMILES string of the molecule is CC(=O)c1cc(NCC(C)(O)CC(C)C)ccc1N. The van der Waals surface area contributed by atoms with Crippen molar-refractivity contribution < 1.29 is 9.90 Å². The molecule has 0 aliphatic heterocycles. The molecule has 1 aromatic rings. The van der Waals surface area contributed by atoms with Crippen LogP contribution in [0.25, 0.3) is 0 Å². The number of nitrogens with two attached hydrogens (primary N) is 1. The van der Waals surface area contributed by atoms with Crippen molar-refractivity contribution >= 4 is 17.2 Å². The van der Waals surface area contributed by atoms with Gasteiger partial charge in [-0.05, 0) is 44.4 Å². The summed E-state index contributed by atoms with van der Waals surface area (Å²) in [5.41, 5.74) is 6.75. The molecule has 0 aliphatic rings. The van der Waals surface area contributed by atoms with Crippen LogP contribution in [-0.2, 0) is 0 Å². The smallest absolute Gasteiger partial charge is 0.161 e. The second-order valence-electron chi connectivity index (χ2n) is 5.81. The van der Waals surface area contributed by atoms with Crippen molar-refractivity contribution in [1.82, 2.24) is 0 Å². The molecule has 0 fully saturated rings. The van der Waals surface area contributed by atoms with Crippen LogP contribution in [0.15, 0.2) is 18.2 Å². The Morgan fingerprint density at radius 2 is 2.11 bits per heavy atom. The molecule has 0 aliphatic carbocycles. The summed E-state index contributed by atoms with van der Waals surface area (Å²) in [4.78, 5) is 11.4. The van der Waals surface area contributed by atoms with Crippen LogP contribution in [0.3, 0.4) is 0 Å². The highest BCUT2D eigenvalue weighted by Gasteiger charge is 2.21. The predicted molar refractivity (Wildman–Crippen MR) is 79.4 cm³/mol. The molecule has 0 bridgehead atoms. The number of carbonyl (C=O) groups is 1. The van der Waals surface area contributed by atoms with Crippen molar-refractivity contribution in [1.29, 1.82) is 0 Å². The van der Waals surface area contributed by atoms with Gasteiger partial charge < -0.3 is 16.2 Å². The van der Waals surface area contributed by atoms with Gasteiger partial charge in [0.05, 0.1) is 5.60 Å². The number of aliphatic hydroxyl groups is 1. The van der Waals surface area contributed by atoms with E-state index in [0.717, 1.165) is 5.69 Å². The van der Waals surface area contributed by atoms with Crippen molar-refractivity contribution in [2.45, 2.75) is 39.7 Å². The average molecular weight is 264 g/mol. The minimum absolute atomic E-state index is 0.0601. The third-order valence-electron chi connectivity index (χ3n) is 2.95. The van der Waals surface area contributed by atoms with Crippen molar-refractivity contribution in [3.05, 3.63) is 23.8 Å². The highest BCUT2D eigenvalue weighted by molar-refractivity contribution is 6.00. The van der Waals surface area contributed by atoms with Crippen molar-refractivity contribution in [2.24, 2.45) is 5.92 Å². The van der Waals surface area contributed by atoms with Gasteiger partial charge in [0, 0.05) is 23.5 Å². The molecule has 0 amide bonds. The van der Waals surface area contributed by atoms with E-state index in [1.54, 1.807) is 12.1 Å². The lowest BCUT2D eigenvalue weighted by molar-refractivity contribution is 0.0515. The minimum Gasteiger partial charge on any atom is -0.398 e. The van der Waals surface area contributed by atoms with Crippen LogP contribution >= 0.6 is 0 Å². The van der Waals surface area contributed by atoms with Gasteiger partial charge in [-0.2, -0.15) is 0 Å². The lowest BCUT2D eigenvalue weighted by Gasteiger charge is -2.26. The van der Waals surface area contributed by atoms with Gasteiger partial charge in [0.1, 0.15) is 0 Å². The van der Waals surface area contributed by atoms with Crippen LogP contribution in [0.4, 0.5) is 11.4 Å². The third kappa shape index (κ3) is 4.91. The van der Waals surface area contributed by atoms with Gasteiger partial charge in [-0.3, -0.25) is 4.79 Å². The Morgan fingerprint density at radius 3 is 2.63 bits per heavy atom. The van der Waals surface area contributed by atoms with Crippen LogP contribution < -0.4 is 11.1 Å². The van der Waals surface area contributed by atoms with Crippen LogP contribution in [0, 0.1) is 5.92 Å². The molecule has 0 heterocycles. The number of Topliss-reactive ketones (excluding diaryl/α,β-unsaturated/α-hetero) is 1. The zero-order chi connectivity index (χ0) is 14.6. The summed E-state index contributed by atoms with van der Waals surface area (Å²) in [6, 6.07) is 5.24. The molecule has 0 aromatic heterocycles. The first kappa shape index (κ1) is 15.5. The van der Waals surface area contributed by atoms with E-state index in [2.05, 4.69) is 19.2 Å². The van der Waals surface area contributed by atoms with Crippen LogP contribution in [-0.4, -0.2) is 23.0 Å². The molecule has 0 spiro atoms. The number of rotatable bonds is 6. The maximum atomic E-state index is 11.4. The standard InChI is InChI=1S/C15H24N2O2/c1-10(2)8-15(4,19)9-17-12-5-6-14(16)13(7-12)11(3)18/h5-7,10,17,19H,8-9,16H2,1-4H3. The fourth-order valence-electron chi connectivity index (χ4n) is 2.22. The summed E-state index contributed by atoms with van der Waals surface area (Å²) in [5, 5.41) is 13.4. The van der Waals surface area contributed by atoms with Crippen molar-refractivity contribution in [3.63, 3.8) is 0 Å². The quantitative estimate of drug-likeness (QED) is 0.545. The molecule has 1 rings (SSSR count). The van der Waals surface area contributed by atoms with Gasteiger partial charge in [-0.1, -0.05) is 13.8 Å². The van der Waals surface area contributed by atoms with E-state index in [0.29, 0.717) is 30.1 Å². The first-order chi connectivity index (χ1) is 8.71. The molecule has 19 heavy (non-hydrogen) atoms. The van der Waals surface area contributed by atoms with E-state index >= 15 is 0 Å². The van der Waals surface area contributed by atoms with Gasteiger partial charge in [-0.15, -0.1) is 0 Å². The first-order valence-electron chi connectivity index (χ1n) is 6.58. The fraction of sp³-hybridized carbons (Fsp3) is 0.533. The Labute approximate surface area is 115 Å². The van der Waals surface area contributed by atoms with Crippen LogP contribution in [0.5, 0.6) is 0 Å². The third-order valence-corrected chi connectivity index (χ3v) is 2.95. The Morgan fingerprint density at radius 1 is 1.47 bits per heavy atom. The number of nitrogens with one attached hydrogen (secondary N) is 1. The molecule has 4 heteroatoms. The van der Waals surface area contributed by atoms with Gasteiger partial charge >= 0.3 is 0 Å².